The van der Waals surface area contributed by atoms with Crippen molar-refractivity contribution in [2.45, 2.75) is 32.3 Å². The number of carbonyl (C=O) groups is 1. The molecule has 6 nitrogen and oxygen atoms in total. The van der Waals surface area contributed by atoms with Crippen molar-refractivity contribution in [2.24, 2.45) is 0 Å². The van der Waals surface area contributed by atoms with Crippen molar-refractivity contribution in [1.29, 1.82) is 0 Å². The summed E-state index contributed by atoms with van der Waals surface area (Å²) < 4.78 is 0. The molecule has 0 aliphatic rings. The second kappa shape index (κ2) is 6.64. The van der Waals surface area contributed by atoms with Crippen molar-refractivity contribution < 1.29 is 15.0 Å². The number of amides is 1. The quantitative estimate of drug-likeness (QED) is 0.789. The van der Waals surface area contributed by atoms with Gasteiger partial charge in [-0.2, -0.15) is 0 Å². The molecule has 2 aromatic heterocycles. The van der Waals surface area contributed by atoms with Crippen LogP contribution in [0.15, 0.2) is 23.7 Å². The molecule has 1 amide bonds. The highest BCUT2D eigenvalue weighted by Gasteiger charge is 2.15. The molecule has 0 aliphatic heterocycles. The summed E-state index contributed by atoms with van der Waals surface area (Å²) in [6.07, 6.45) is 0.000577. The van der Waals surface area contributed by atoms with Crippen molar-refractivity contribution in [1.82, 2.24) is 9.97 Å². The first-order valence-corrected chi connectivity index (χ1v) is 7.42. The first-order chi connectivity index (χ1) is 9.95. The first kappa shape index (κ1) is 15.4. The van der Waals surface area contributed by atoms with Crippen molar-refractivity contribution >= 4 is 23.2 Å². The van der Waals surface area contributed by atoms with Crippen LogP contribution in [0.5, 0.6) is 0 Å². The minimum atomic E-state index is -1.17. The Kier molecular flexibility index (Phi) is 4.87. The van der Waals surface area contributed by atoms with E-state index in [2.05, 4.69) is 29.1 Å². The fourth-order valence-corrected chi connectivity index (χ4v) is 2.77. The van der Waals surface area contributed by atoms with Gasteiger partial charge in [0.15, 0.2) is 0 Å². The van der Waals surface area contributed by atoms with E-state index in [0.29, 0.717) is 17.3 Å². The summed E-state index contributed by atoms with van der Waals surface area (Å²) >= 11 is 1.43. The van der Waals surface area contributed by atoms with Gasteiger partial charge in [-0.15, -0.1) is 11.3 Å². The molecular formula is C14H17N3O3S. The summed E-state index contributed by atoms with van der Waals surface area (Å²) in [7, 11) is 0. The largest absolute Gasteiger partial charge is 0.465 e. The Balaban J connectivity index is 2.07. The topological polar surface area (TPSA) is 95.3 Å². The van der Waals surface area contributed by atoms with Crippen LogP contribution >= 0.6 is 11.3 Å². The Morgan fingerprint density at radius 2 is 2.24 bits per heavy atom. The third kappa shape index (κ3) is 4.24. The van der Waals surface area contributed by atoms with E-state index in [1.165, 1.54) is 17.5 Å². The SMILES string of the molecule is CC(C)c1csc(C(O)Cc2ccnc(NC(=O)O)c2)n1. The maximum absolute atomic E-state index is 10.6. The van der Waals surface area contributed by atoms with E-state index in [1.54, 1.807) is 12.1 Å². The summed E-state index contributed by atoms with van der Waals surface area (Å²) in [5, 5.41) is 23.7. The molecule has 2 heterocycles. The molecule has 0 bridgehead atoms. The second-order valence-electron chi connectivity index (χ2n) is 4.96. The van der Waals surface area contributed by atoms with Crippen LogP contribution in [0.2, 0.25) is 0 Å². The molecule has 0 saturated heterocycles. The van der Waals surface area contributed by atoms with E-state index in [9.17, 15) is 9.90 Å². The molecule has 21 heavy (non-hydrogen) atoms. The Bertz CT molecular complexity index is 627. The minimum Gasteiger partial charge on any atom is -0.465 e. The zero-order valence-corrected chi connectivity index (χ0v) is 12.6. The van der Waals surface area contributed by atoms with E-state index in [4.69, 9.17) is 5.11 Å². The average Bonchev–Trinajstić information content (AvgIpc) is 2.88. The first-order valence-electron chi connectivity index (χ1n) is 6.54. The maximum atomic E-state index is 10.6. The number of pyridine rings is 1. The molecule has 0 spiro atoms. The molecule has 1 unspecified atom stereocenters. The van der Waals surface area contributed by atoms with Crippen LogP contribution in [0, 0.1) is 0 Å². The monoisotopic (exact) mass is 307 g/mol. The summed E-state index contributed by atoms with van der Waals surface area (Å²) in [5.41, 5.74) is 1.76. The average molecular weight is 307 g/mol. The number of carboxylic acid groups (broad SMARTS) is 1. The molecular weight excluding hydrogens is 290 g/mol. The number of hydrogen-bond acceptors (Lipinski definition) is 5. The maximum Gasteiger partial charge on any atom is 0.410 e. The molecule has 112 valence electrons. The Labute approximate surface area is 126 Å². The van der Waals surface area contributed by atoms with Crippen LogP contribution in [-0.2, 0) is 6.42 Å². The highest BCUT2D eigenvalue weighted by Crippen LogP contribution is 2.25. The van der Waals surface area contributed by atoms with E-state index in [1.807, 2.05) is 5.38 Å². The fourth-order valence-electron chi connectivity index (χ4n) is 1.81. The van der Waals surface area contributed by atoms with E-state index >= 15 is 0 Å². The van der Waals surface area contributed by atoms with E-state index in [-0.39, 0.29) is 5.82 Å². The van der Waals surface area contributed by atoms with Crippen LogP contribution in [0.3, 0.4) is 0 Å². The van der Waals surface area contributed by atoms with E-state index < -0.39 is 12.2 Å². The van der Waals surface area contributed by atoms with Gasteiger partial charge in [0.05, 0.1) is 5.69 Å². The van der Waals surface area contributed by atoms with Gasteiger partial charge >= 0.3 is 6.09 Å². The molecule has 0 saturated carbocycles. The molecule has 7 heteroatoms. The Hall–Kier alpha value is -1.99. The van der Waals surface area contributed by atoms with Gasteiger partial charge in [0.1, 0.15) is 16.9 Å². The van der Waals surface area contributed by atoms with Gasteiger partial charge in [-0.05, 0) is 23.6 Å². The number of nitrogens with one attached hydrogen (secondary N) is 1. The predicted octanol–water partition coefficient (Wildman–Crippen LogP) is 3.03. The number of hydrogen-bond donors (Lipinski definition) is 3. The number of aliphatic hydroxyl groups is 1. The molecule has 0 radical (unpaired) electrons. The van der Waals surface area contributed by atoms with Crippen LogP contribution in [0.25, 0.3) is 0 Å². The van der Waals surface area contributed by atoms with Crippen LogP contribution in [-0.4, -0.2) is 26.3 Å². The molecule has 1 atom stereocenters. The van der Waals surface area contributed by atoms with Crippen LogP contribution < -0.4 is 5.32 Å². The normalized spacial score (nSPS) is 12.4. The molecule has 2 aromatic rings. The lowest BCUT2D eigenvalue weighted by Crippen LogP contribution is -2.09. The smallest absolute Gasteiger partial charge is 0.410 e. The standard InChI is InChI=1S/C14H17N3O3S/c1-8(2)10-7-21-13(16-10)11(18)5-9-3-4-15-12(6-9)17-14(19)20/h3-4,6-8,11,18H,5H2,1-2H3,(H,15,17)(H,19,20). The number of thiazole rings is 1. The molecule has 0 aromatic carbocycles. The Morgan fingerprint density at radius 3 is 2.86 bits per heavy atom. The number of aliphatic hydroxyl groups excluding tert-OH is 1. The fraction of sp³-hybridized carbons (Fsp3) is 0.357. The lowest BCUT2D eigenvalue weighted by molar-refractivity contribution is 0.177. The number of aromatic nitrogens is 2. The molecule has 3 N–H and O–H groups in total. The van der Waals surface area contributed by atoms with Gasteiger partial charge in [0, 0.05) is 18.0 Å². The van der Waals surface area contributed by atoms with Gasteiger partial charge < -0.3 is 10.2 Å². The van der Waals surface area contributed by atoms with Gasteiger partial charge in [-0.25, -0.2) is 14.8 Å². The Morgan fingerprint density at radius 1 is 1.48 bits per heavy atom. The minimum absolute atomic E-state index is 0.245. The molecule has 0 aliphatic carbocycles. The highest BCUT2D eigenvalue weighted by atomic mass is 32.1. The number of anilines is 1. The summed E-state index contributed by atoms with van der Waals surface area (Å²) in [4.78, 5) is 18.9. The van der Waals surface area contributed by atoms with Gasteiger partial charge in [0.25, 0.3) is 0 Å². The molecule has 2 rings (SSSR count). The zero-order valence-electron chi connectivity index (χ0n) is 11.8. The number of nitrogens with zero attached hydrogens (tertiary/aromatic N) is 2. The lowest BCUT2D eigenvalue weighted by Gasteiger charge is -2.09. The zero-order chi connectivity index (χ0) is 15.4. The van der Waals surface area contributed by atoms with Crippen LogP contribution in [0.1, 0.15) is 42.1 Å². The predicted molar refractivity (Wildman–Crippen MR) is 80.8 cm³/mol. The van der Waals surface area contributed by atoms with Crippen molar-refractivity contribution in [3.05, 3.63) is 40.0 Å². The summed E-state index contributed by atoms with van der Waals surface area (Å²) in [5.74, 6) is 0.573. The van der Waals surface area contributed by atoms with Gasteiger partial charge in [-0.3, -0.25) is 5.32 Å². The lowest BCUT2D eigenvalue weighted by atomic mass is 10.1. The summed E-state index contributed by atoms with van der Waals surface area (Å²) in [6, 6.07) is 3.35. The third-order valence-corrected chi connectivity index (χ3v) is 3.87. The summed E-state index contributed by atoms with van der Waals surface area (Å²) in [6.45, 7) is 4.11. The van der Waals surface area contributed by atoms with Gasteiger partial charge in [0.2, 0.25) is 0 Å². The van der Waals surface area contributed by atoms with Crippen molar-refractivity contribution in [2.75, 3.05) is 5.32 Å². The second-order valence-corrected chi connectivity index (χ2v) is 5.85. The van der Waals surface area contributed by atoms with Crippen molar-refractivity contribution in [3.63, 3.8) is 0 Å². The van der Waals surface area contributed by atoms with Crippen molar-refractivity contribution in [3.8, 4) is 0 Å². The van der Waals surface area contributed by atoms with Gasteiger partial charge in [-0.1, -0.05) is 13.8 Å². The highest BCUT2D eigenvalue weighted by molar-refractivity contribution is 7.09. The van der Waals surface area contributed by atoms with Crippen LogP contribution in [0.4, 0.5) is 10.6 Å². The number of rotatable bonds is 5. The molecule has 0 fully saturated rings. The van der Waals surface area contributed by atoms with E-state index in [0.717, 1.165) is 11.3 Å². The third-order valence-electron chi connectivity index (χ3n) is 2.90.